The predicted octanol–water partition coefficient (Wildman–Crippen LogP) is 37.7. The Labute approximate surface area is 780 Å². The molecule has 0 aliphatic rings. The molecule has 0 aromatic heterocycles. The highest BCUT2D eigenvalue weighted by molar-refractivity contribution is 6.34. The number of benzene rings is 26. The first-order chi connectivity index (χ1) is 66.5. The Kier molecular flexibility index (Phi) is 20.8. The Balaban J connectivity index is 0.000000112. The van der Waals surface area contributed by atoms with Crippen LogP contribution in [0.5, 0.6) is 0 Å². The average Bonchev–Trinajstić information content (AvgIpc) is 0.697. The van der Waals surface area contributed by atoms with Crippen molar-refractivity contribution in [2.75, 3.05) is 0 Å². The molecule has 0 amide bonds. The molecule has 134 heavy (non-hydrogen) atoms. The largest absolute Gasteiger partial charge is 0.0622 e. The summed E-state index contributed by atoms with van der Waals surface area (Å²) in [5, 5.41) is 27.9. The minimum absolute atomic E-state index is 1.20. The quantitative estimate of drug-likeness (QED) is 0.107. The van der Waals surface area contributed by atoms with Crippen molar-refractivity contribution in [1.82, 2.24) is 0 Å². The van der Waals surface area contributed by atoms with Crippen molar-refractivity contribution in [2.45, 2.75) is 0 Å². The van der Waals surface area contributed by atoms with E-state index in [-0.39, 0.29) is 0 Å². The zero-order valence-corrected chi connectivity index (χ0v) is 73.8. The van der Waals surface area contributed by atoms with Crippen LogP contribution >= 0.6 is 0 Å². The maximum absolute atomic E-state index is 2.40. The topological polar surface area (TPSA) is 0 Å². The van der Waals surface area contributed by atoms with Gasteiger partial charge in [-0.05, 0) is 288 Å². The summed E-state index contributed by atoms with van der Waals surface area (Å²) in [6, 6.07) is 195. The van der Waals surface area contributed by atoms with Crippen LogP contribution in [0.3, 0.4) is 0 Å². The molecule has 0 heterocycles. The molecule has 0 N–H and O–H groups in total. The third kappa shape index (κ3) is 14.7. The summed E-state index contributed by atoms with van der Waals surface area (Å²) in [5.41, 5.74) is 29.8. The zero-order chi connectivity index (χ0) is 88.8. The van der Waals surface area contributed by atoms with Gasteiger partial charge in [0.1, 0.15) is 0 Å². The fraction of sp³-hybridized carbons (Fsp3) is 0. The van der Waals surface area contributed by atoms with Gasteiger partial charge in [-0.15, -0.1) is 0 Å². The lowest BCUT2D eigenvalue weighted by Gasteiger charge is -2.25. The Bertz CT molecular complexity index is 8420. The molecule has 26 aromatic rings. The van der Waals surface area contributed by atoms with Gasteiger partial charge in [-0.25, -0.2) is 0 Å². The van der Waals surface area contributed by atoms with Crippen LogP contribution in [0, 0.1) is 0 Å². The second-order valence-electron chi connectivity index (χ2n) is 35.1. The van der Waals surface area contributed by atoms with Crippen LogP contribution in [0.15, 0.2) is 534 Å². The van der Waals surface area contributed by atoms with Gasteiger partial charge < -0.3 is 0 Å². The number of fused-ring (bicyclic) bond motifs is 11. The predicted molar refractivity (Wildman–Crippen MR) is 577 cm³/mol. The highest BCUT2D eigenvalue weighted by Crippen LogP contribution is 2.56. The van der Waals surface area contributed by atoms with E-state index >= 15 is 0 Å². The molecule has 624 valence electrons. The fourth-order valence-corrected chi connectivity index (χ4v) is 21.0. The molecule has 0 saturated heterocycles. The van der Waals surface area contributed by atoms with E-state index in [0.717, 1.165) is 0 Å². The summed E-state index contributed by atoms with van der Waals surface area (Å²) >= 11 is 0. The highest BCUT2D eigenvalue weighted by atomic mass is 14.3. The van der Waals surface area contributed by atoms with Gasteiger partial charge in [0.15, 0.2) is 0 Å². The molecule has 0 nitrogen and oxygen atoms in total. The maximum atomic E-state index is 2.40. The van der Waals surface area contributed by atoms with E-state index in [9.17, 15) is 0 Å². The van der Waals surface area contributed by atoms with Crippen LogP contribution in [0.1, 0.15) is 0 Å². The van der Waals surface area contributed by atoms with E-state index in [1.807, 2.05) is 0 Å². The lowest BCUT2D eigenvalue weighted by atomic mass is 9.77. The van der Waals surface area contributed by atoms with Gasteiger partial charge in [0.2, 0.25) is 0 Å². The average molecular weight is 1700 g/mol. The van der Waals surface area contributed by atoms with Gasteiger partial charge >= 0.3 is 0 Å². The van der Waals surface area contributed by atoms with Gasteiger partial charge in [-0.1, -0.05) is 497 Å². The van der Waals surface area contributed by atoms with Crippen LogP contribution in [-0.2, 0) is 0 Å². The van der Waals surface area contributed by atoms with Gasteiger partial charge in [0.25, 0.3) is 0 Å². The lowest BCUT2D eigenvalue weighted by Crippen LogP contribution is -1.97. The fourth-order valence-electron chi connectivity index (χ4n) is 21.0. The third-order valence-corrected chi connectivity index (χ3v) is 27.3. The van der Waals surface area contributed by atoms with Crippen LogP contribution in [0.2, 0.25) is 0 Å². The summed E-state index contributed by atoms with van der Waals surface area (Å²) in [5.74, 6) is 0. The van der Waals surface area contributed by atoms with E-state index in [1.165, 1.54) is 252 Å². The molecular weight excluding hydrogens is 1610 g/mol. The number of hydrogen-bond donors (Lipinski definition) is 0. The van der Waals surface area contributed by atoms with Crippen LogP contribution < -0.4 is 0 Å². The van der Waals surface area contributed by atoms with E-state index in [2.05, 4.69) is 534 Å². The van der Waals surface area contributed by atoms with Gasteiger partial charge in [-0.3, -0.25) is 0 Å². The number of hydrogen-bond acceptors (Lipinski definition) is 0. The van der Waals surface area contributed by atoms with Crippen molar-refractivity contribution < 1.29 is 0 Å². The molecule has 0 fully saturated rings. The minimum atomic E-state index is 1.20. The summed E-state index contributed by atoms with van der Waals surface area (Å²) in [6.45, 7) is 0. The smallest absolute Gasteiger partial charge is 0.000139 e. The second-order valence-corrected chi connectivity index (χ2v) is 35.1. The van der Waals surface area contributed by atoms with Crippen LogP contribution in [0.4, 0.5) is 0 Å². The molecule has 26 aromatic carbocycles. The van der Waals surface area contributed by atoms with E-state index < -0.39 is 0 Å². The van der Waals surface area contributed by atoms with E-state index in [0.29, 0.717) is 0 Å². The molecule has 0 aliphatic carbocycles. The van der Waals surface area contributed by atoms with Crippen molar-refractivity contribution in [3.05, 3.63) is 534 Å². The molecule has 0 unspecified atom stereocenters. The summed E-state index contributed by atoms with van der Waals surface area (Å²) in [4.78, 5) is 0. The molecule has 0 heteroatoms. The maximum Gasteiger partial charge on any atom is -0.000139 e. The Morgan fingerprint density at radius 2 is 0.216 bits per heavy atom. The van der Waals surface area contributed by atoms with Crippen LogP contribution in [0.25, 0.3) is 252 Å². The van der Waals surface area contributed by atoms with Crippen molar-refractivity contribution in [3.8, 4) is 134 Å². The van der Waals surface area contributed by atoms with Crippen LogP contribution in [-0.4, -0.2) is 0 Å². The molecule has 0 aliphatic heterocycles. The van der Waals surface area contributed by atoms with Crippen molar-refractivity contribution in [3.63, 3.8) is 0 Å². The van der Waals surface area contributed by atoms with Crippen molar-refractivity contribution >= 4 is 118 Å². The van der Waals surface area contributed by atoms with Gasteiger partial charge in [-0.2, -0.15) is 0 Å². The lowest BCUT2D eigenvalue weighted by molar-refractivity contribution is 1.60. The summed E-state index contributed by atoms with van der Waals surface area (Å²) < 4.78 is 0. The second kappa shape index (κ2) is 34.9. The monoisotopic (exact) mass is 1700 g/mol. The first-order valence-corrected chi connectivity index (χ1v) is 46.4. The normalized spacial score (nSPS) is 11.4. The van der Waals surface area contributed by atoms with E-state index in [4.69, 9.17) is 0 Å². The molecular formula is C134H88. The minimum Gasteiger partial charge on any atom is -0.0622 e. The zero-order valence-electron chi connectivity index (χ0n) is 73.8. The Morgan fingerprint density at radius 1 is 0.0746 bits per heavy atom. The molecule has 0 atom stereocenters. The standard InChI is InChI=1S/C54H36.C42H28.C38H24/c1-5-17-37(18-6-1)39-29-33-43(34-30-39)51-47-27-15-16-28-48(47)52(44-35-31-40(32-36-44)38-19-7-2-8-20-38)54-50(42-23-11-4-12-24-42)46-26-14-13-25-45(46)49(53(51)54)41-21-9-3-10-22-41;1-3-11-29(12-4-1)31-19-23-33(24-20-31)41-37-17-9-10-18-38(37)42(40-28-36-16-8-7-15-35(36)27-39(40)41)34-25-21-32(22-26-34)30-13-5-2-6-14-30;1-3-11-27-21-31(19-17-25(27)9-1)37-33-15-7-8-16-34(33)38(32-20-18-26-10-2-4-12-28(26)22-32)36-24-30-14-6-5-13-29(30)23-35(36)37/h1-36H;1-28H;1-24H. The molecule has 26 rings (SSSR count). The summed E-state index contributed by atoms with van der Waals surface area (Å²) in [6.07, 6.45) is 0. The SMILES string of the molecule is c1ccc(-c2ccc(-c3c4ccccc4c(-c4ccc(-c5ccccc5)cc4)c4c(-c5ccccc5)c5ccccc5c(-c5ccccc5)c34)cc2)cc1.c1ccc(-c2ccc(-c3c4ccccc4c(-c4ccc(-c5ccccc5)cc4)c4cc5ccccc5cc34)cc2)cc1.c1ccc2cc(-c3c4ccccc4c(-c4ccc5ccccc5c4)c4cc5ccccc5cc34)ccc2c1. The third-order valence-electron chi connectivity index (χ3n) is 27.3. The van der Waals surface area contributed by atoms with Crippen molar-refractivity contribution in [2.24, 2.45) is 0 Å². The molecule has 0 spiro atoms. The Hall–Kier alpha value is -17.4. The number of rotatable bonds is 12. The first kappa shape index (κ1) is 79.9. The van der Waals surface area contributed by atoms with Gasteiger partial charge in [0.05, 0.1) is 0 Å². The molecule has 0 saturated carbocycles. The van der Waals surface area contributed by atoms with Gasteiger partial charge in [0, 0.05) is 0 Å². The highest BCUT2D eigenvalue weighted by Gasteiger charge is 2.28. The Morgan fingerprint density at radius 3 is 0.448 bits per heavy atom. The first-order valence-electron chi connectivity index (χ1n) is 46.4. The molecule has 0 bridgehead atoms. The summed E-state index contributed by atoms with van der Waals surface area (Å²) in [7, 11) is 0. The van der Waals surface area contributed by atoms with E-state index in [1.54, 1.807) is 0 Å². The van der Waals surface area contributed by atoms with Crippen molar-refractivity contribution in [1.29, 1.82) is 0 Å². The molecule has 0 radical (unpaired) electrons.